The van der Waals surface area contributed by atoms with Crippen molar-refractivity contribution in [3.8, 4) is 5.75 Å². The van der Waals surface area contributed by atoms with Crippen LogP contribution in [0, 0.1) is 11.8 Å². The lowest BCUT2D eigenvalue weighted by atomic mass is 10.2. The van der Waals surface area contributed by atoms with Crippen LogP contribution in [0.3, 0.4) is 0 Å². The molecule has 1 fully saturated rings. The topological polar surface area (TPSA) is 67.4 Å². The minimum Gasteiger partial charge on any atom is -0.484 e. The fourth-order valence-electron chi connectivity index (χ4n) is 2.32. The Morgan fingerprint density at radius 2 is 2.00 bits per heavy atom. The van der Waals surface area contributed by atoms with Crippen LogP contribution in [0.2, 0.25) is 0 Å². The van der Waals surface area contributed by atoms with Crippen LogP contribution in [0.15, 0.2) is 24.3 Å². The maximum atomic E-state index is 12.1. The lowest BCUT2D eigenvalue weighted by Gasteiger charge is -2.11. The van der Waals surface area contributed by atoms with Crippen molar-refractivity contribution in [1.82, 2.24) is 10.6 Å². The Labute approximate surface area is 143 Å². The number of amides is 2. The van der Waals surface area contributed by atoms with Crippen LogP contribution in [0.25, 0.3) is 0 Å². The van der Waals surface area contributed by atoms with E-state index in [0.29, 0.717) is 11.5 Å². The van der Waals surface area contributed by atoms with Gasteiger partial charge in [-0.2, -0.15) is 13.2 Å². The summed E-state index contributed by atoms with van der Waals surface area (Å²) in [5.74, 6) is 0.318. The number of rotatable bonds is 8. The van der Waals surface area contributed by atoms with Crippen LogP contribution in [-0.2, 0) is 16.1 Å². The zero-order valence-corrected chi connectivity index (χ0v) is 13.9. The highest BCUT2D eigenvalue weighted by molar-refractivity contribution is 5.82. The fourth-order valence-corrected chi connectivity index (χ4v) is 2.32. The van der Waals surface area contributed by atoms with Gasteiger partial charge in [0.1, 0.15) is 5.75 Å². The molecule has 0 spiro atoms. The van der Waals surface area contributed by atoms with Gasteiger partial charge >= 0.3 is 6.18 Å². The molecule has 0 aromatic heterocycles. The molecule has 1 aromatic rings. The van der Waals surface area contributed by atoms with Gasteiger partial charge in [0, 0.05) is 25.4 Å². The van der Waals surface area contributed by atoms with Crippen molar-refractivity contribution >= 4 is 11.8 Å². The second-order valence-electron chi connectivity index (χ2n) is 6.19. The Morgan fingerprint density at radius 1 is 1.28 bits per heavy atom. The molecule has 138 valence electrons. The average molecular weight is 358 g/mol. The molecule has 1 aliphatic carbocycles. The van der Waals surface area contributed by atoms with E-state index in [1.54, 1.807) is 12.1 Å². The quantitative estimate of drug-likeness (QED) is 0.750. The predicted molar refractivity (Wildman–Crippen MR) is 84.7 cm³/mol. The molecule has 0 saturated heterocycles. The molecule has 1 saturated carbocycles. The van der Waals surface area contributed by atoms with Crippen LogP contribution in [0.5, 0.6) is 5.75 Å². The van der Waals surface area contributed by atoms with Crippen molar-refractivity contribution in [2.75, 3.05) is 13.2 Å². The summed E-state index contributed by atoms with van der Waals surface area (Å²) in [6, 6.07) is 6.11. The smallest absolute Gasteiger partial charge is 0.422 e. The van der Waals surface area contributed by atoms with Gasteiger partial charge in [-0.25, -0.2) is 0 Å². The minimum atomic E-state index is -4.40. The summed E-state index contributed by atoms with van der Waals surface area (Å²) in [5, 5.41) is 5.38. The Bertz CT molecular complexity index is 619. The molecule has 0 radical (unpaired) electrons. The molecule has 1 aromatic carbocycles. The Morgan fingerprint density at radius 3 is 2.64 bits per heavy atom. The number of ether oxygens (including phenoxy) is 1. The molecular formula is C17H21F3N2O3. The second kappa shape index (κ2) is 8.22. The first-order valence-electron chi connectivity index (χ1n) is 8.07. The summed E-state index contributed by atoms with van der Waals surface area (Å²) in [4.78, 5) is 23.4. The van der Waals surface area contributed by atoms with E-state index in [4.69, 9.17) is 0 Å². The highest BCUT2D eigenvalue weighted by Crippen LogP contribution is 2.37. The maximum absolute atomic E-state index is 12.1. The van der Waals surface area contributed by atoms with Crippen molar-refractivity contribution < 1.29 is 27.5 Å². The SMILES string of the molecule is CC1CC1C(=O)NCCC(=O)NCc1cccc(OCC(F)(F)F)c1. The fraction of sp³-hybridized carbons (Fsp3) is 0.529. The van der Waals surface area contributed by atoms with Crippen LogP contribution < -0.4 is 15.4 Å². The normalized spacial score (nSPS) is 19.2. The Hall–Kier alpha value is -2.25. The van der Waals surface area contributed by atoms with E-state index in [0.717, 1.165) is 6.42 Å². The first kappa shape index (κ1) is 19.1. The van der Waals surface area contributed by atoms with E-state index in [1.807, 2.05) is 6.92 Å². The molecule has 2 N–H and O–H groups in total. The lowest BCUT2D eigenvalue weighted by molar-refractivity contribution is -0.153. The van der Waals surface area contributed by atoms with Gasteiger partial charge in [-0.05, 0) is 30.0 Å². The first-order valence-corrected chi connectivity index (χ1v) is 8.07. The molecule has 0 aliphatic heterocycles. The van der Waals surface area contributed by atoms with Gasteiger partial charge in [0.15, 0.2) is 6.61 Å². The minimum absolute atomic E-state index is 0.0187. The summed E-state index contributed by atoms with van der Waals surface area (Å²) in [5.41, 5.74) is 0.629. The monoisotopic (exact) mass is 358 g/mol. The third kappa shape index (κ3) is 7.03. The van der Waals surface area contributed by atoms with Gasteiger partial charge in [0.2, 0.25) is 11.8 Å². The average Bonchev–Trinajstić information content (AvgIpc) is 3.28. The second-order valence-corrected chi connectivity index (χ2v) is 6.19. The lowest BCUT2D eigenvalue weighted by Crippen LogP contribution is -2.31. The number of nitrogens with one attached hydrogen (secondary N) is 2. The summed E-state index contributed by atoms with van der Waals surface area (Å²) >= 11 is 0. The molecule has 2 atom stereocenters. The highest BCUT2D eigenvalue weighted by atomic mass is 19.4. The van der Waals surface area contributed by atoms with Gasteiger partial charge in [0.05, 0.1) is 0 Å². The molecule has 2 rings (SSSR count). The molecule has 25 heavy (non-hydrogen) atoms. The summed E-state index contributed by atoms with van der Waals surface area (Å²) in [6.07, 6.45) is -3.35. The van der Waals surface area contributed by atoms with E-state index >= 15 is 0 Å². The Balaban J connectivity index is 1.67. The van der Waals surface area contributed by atoms with E-state index in [1.165, 1.54) is 12.1 Å². The summed E-state index contributed by atoms with van der Waals surface area (Å²) in [6.45, 7) is 1.09. The van der Waals surface area contributed by atoms with Gasteiger partial charge in [-0.3, -0.25) is 9.59 Å². The van der Waals surface area contributed by atoms with E-state index in [2.05, 4.69) is 15.4 Å². The van der Waals surface area contributed by atoms with Crippen molar-refractivity contribution in [3.05, 3.63) is 29.8 Å². The number of hydrogen-bond acceptors (Lipinski definition) is 3. The molecule has 0 heterocycles. The van der Waals surface area contributed by atoms with Crippen molar-refractivity contribution in [2.45, 2.75) is 32.5 Å². The highest BCUT2D eigenvalue weighted by Gasteiger charge is 2.38. The zero-order chi connectivity index (χ0) is 18.4. The van der Waals surface area contributed by atoms with Crippen LogP contribution in [0.1, 0.15) is 25.3 Å². The van der Waals surface area contributed by atoms with Crippen LogP contribution >= 0.6 is 0 Å². The number of carbonyl (C=O) groups excluding carboxylic acids is 2. The molecular weight excluding hydrogens is 337 g/mol. The number of halogens is 3. The number of carbonyl (C=O) groups is 2. The van der Waals surface area contributed by atoms with E-state index in [-0.39, 0.29) is 43.0 Å². The van der Waals surface area contributed by atoms with Gasteiger partial charge in [0.25, 0.3) is 0 Å². The predicted octanol–water partition coefficient (Wildman–Crippen LogP) is 2.41. The maximum Gasteiger partial charge on any atom is 0.422 e. The van der Waals surface area contributed by atoms with E-state index in [9.17, 15) is 22.8 Å². The third-order valence-electron chi connectivity index (χ3n) is 3.89. The number of alkyl halides is 3. The molecule has 2 amide bonds. The van der Waals surface area contributed by atoms with Crippen molar-refractivity contribution in [3.63, 3.8) is 0 Å². The van der Waals surface area contributed by atoms with Crippen LogP contribution in [-0.4, -0.2) is 31.1 Å². The standard InChI is InChI=1S/C17H21F3N2O3/c1-11-7-14(11)16(24)21-6-5-15(23)22-9-12-3-2-4-13(8-12)25-10-17(18,19)20/h2-4,8,11,14H,5-7,9-10H2,1H3,(H,21,24)(H,22,23). The summed E-state index contributed by atoms with van der Waals surface area (Å²) < 4.78 is 41.1. The first-order chi connectivity index (χ1) is 11.7. The van der Waals surface area contributed by atoms with Crippen LogP contribution in [0.4, 0.5) is 13.2 Å². The molecule has 0 bridgehead atoms. The van der Waals surface area contributed by atoms with Crippen molar-refractivity contribution in [2.24, 2.45) is 11.8 Å². The summed E-state index contributed by atoms with van der Waals surface area (Å²) in [7, 11) is 0. The van der Waals surface area contributed by atoms with Crippen molar-refractivity contribution in [1.29, 1.82) is 0 Å². The van der Waals surface area contributed by atoms with Gasteiger partial charge in [-0.15, -0.1) is 0 Å². The van der Waals surface area contributed by atoms with Gasteiger partial charge in [-0.1, -0.05) is 19.1 Å². The largest absolute Gasteiger partial charge is 0.484 e. The van der Waals surface area contributed by atoms with E-state index < -0.39 is 12.8 Å². The zero-order valence-electron chi connectivity index (χ0n) is 13.9. The Kier molecular flexibility index (Phi) is 6.27. The molecule has 2 unspecified atom stereocenters. The molecule has 5 nitrogen and oxygen atoms in total. The number of hydrogen-bond donors (Lipinski definition) is 2. The number of benzene rings is 1. The molecule has 8 heteroatoms. The molecule has 1 aliphatic rings. The van der Waals surface area contributed by atoms with Gasteiger partial charge < -0.3 is 15.4 Å². The third-order valence-corrected chi connectivity index (χ3v) is 3.89.